The van der Waals surface area contributed by atoms with Gasteiger partial charge in [-0.1, -0.05) is 48.5 Å². The lowest BCUT2D eigenvalue weighted by molar-refractivity contribution is -0.154. The van der Waals surface area contributed by atoms with Crippen LogP contribution in [-0.4, -0.2) is 33.7 Å². The number of pyridine rings is 1. The van der Waals surface area contributed by atoms with Crippen LogP contribution in [0.15, 0.2) is 66.9 Å². The highest BCUT2D eigenvalue weighted by Gasteiger charge is 2.62. The molecule has 1 aliphatic heterocycles. The summed E-state index contributed by atoms with van der Waals surface area (Å²) >= 11 is 0. The van der Waals surface area contributed by atoms with Crippen molar-refractivity contribution in [3.05, 3.63) is 72.4 Å². The summed E-state index contributed by atoms with van der Waals surface area (Å²) in [4.78, 5) is 46.1. The number of hydrogen-bond donors (Lipinski definition) is 0. The zero-order valence-electron chi connectivity index (χ0n) is 18.1. The van der Waals surface area contributed by atoms with Crippen LogP contribution < -0.4 is 4.74 Å². The Balaban J connectivity index is 1.35. The fourth-order valence-electron chi connectivity index (χ4n) is 6.19. The molecule has 3 aliphatic rings. The first-order valence-corrected chi connectivity index (χ1v) is 11.6. The molecule has 0 spiro atoms. The molecule has 6 heteroatoms. The van der Waals surface area contributed by atoms with Gasteiger partial charge in [0, 0.05) is 18.0 Å². The fraction of sp³-hybridized carbons (Fsp3) is 0.333. The van der Waals surface area contributed by atoms with Gasteiger partial charge in [-0.15, -0.1) is 0 Å². The molecule has 6 rings (SSSR count). The van der Waals surface area contributed by atoms with Crippen LogP contribution in [0, 0.1) is 23.7 Å². The summed E-state index contributed by atoms with van der Waals surface area (Å²) in [6.07, 6.45) is 4.81. The first-order valence-electron chi connectivity index (χ1n) is 11.6. The molecule has 3 fully saturated rings. The number of carbonyl (C=O) groups excluding carboxylic acids is 3. The van der Waals surface area contributed by atoms with Crippen LogP contribution in [0.2, 0.25) is 0 Å². The summed E-state index contributed by atoms with van der Waals surface area (Å²) in [5, 5.41) is 0.849. The van der Waals surface area contributed by atoms with E-state index in [-0.39, 0.29) is 41.9 Å². The summed E-state index contributed by atoms with van der Waals surface area (Å²) in [6.45, 7) is 0. The number of likely N-dealkylation sites (tertiary alicyclic amines) is 1. The molecule has 0 unspecified atom stereocenters. The van der Waals surface area contributed by atoms with Crippen molar-refractivity contribution in [2.45, 2.75) is 31.7 Å². The van der Waals surface area contributed by atoms with Crippen LogP contribution in [-0.2, 0) is 20.8 Å². The van der Waals surface area contributed by atoms with E-state index < -0.39 is 12.0 Å². The number of para-hydroxylation sites is 1. The number of amides is 2. The van der Waals surface area contributed by atoms with Gasteiger partial charge in [-0.05, 0) is 48.8 Å². The van der Waals surface area contributed by atoms with Crippen LogP contribution in [0.4, 0.5) is 0 Å². The number of ether oxygens (including phenoxy) is 1. The van der Waals surface area contributed by atoms with Gasteiger partial charge in [0.2, 0.25) is 11.8 Å². The molecule has 0 radical (unpaired) electrons. The third kappa shape index (κ3) is 3.24. The SMILES string of the molecule is O=C(Oc1cccc2cccnc12)[C@H](Cc1ccccc1)N1C(=O)[C@@H]2[C@H]3CC[C@@H](C3)[C@H]2C1=O. The number of carbonyl (C=O) groups is 3. The molecule has 5 atom stereocenters. The van der Waals surface area contributed by atoms with Crippen molar-refractivity contribution in [1.82, 2.24) is 9.88 Å². The Labute approximate surface area is 191 Å². The van der Waals surface area contributed by atoms with E-state index in [0.29, 0.717) is 11.3 Å². The van der Waals surface area contributed by atoms with E-state index in [9.17, 15) is 14.4 Å². The molecule has 0 N–H and O–H groups in total. The van der Waals surface area contributed by atoms with Gasteiger partial charge in [0.25, 0.3) is 0 Å². The zero-order valence-corrected chi connectivity index (χ0v) is 18.1. The van der Waals surface area contributed by atoms with Crippen molar-refractivity contribution in [3.8, 4) is 5.75 Å². The van der Waals surface area contributed by atoms with Gasteiger partial charge in [-0.3, -0.25) is 19.5 Å². The van der Waals surface area contributed by atoms with Crippen LogP contribution in [0.3, 0.4) is 0 Å². The topological polar surface area (TPSA) is 76.6 Å². The highest BCUT2D eigenvalue weighted by Crippen LogP contribution is 2.56. The van der Waals surface area contributed by atoms with E-state index in [2.05, 4.69) is 4.98 Å². The number of nitrogens with zero attached hydrogens (tertiary/aromatic N) is 2. The minimum absolute atomic E-state index is 0.203. The van der Waals surface area contributed by atoms with Crippen molar-refractivity contribution in [2.75, 3.05) is 0 Å². The molecule has 2 amide bonds. The monoisotopic (exact) mass is 440 g/mol. The molecule has 6 nitrogen and oxygen atoms in total. The summed E-state index contributed by atoms with van der Waals surface area (Å²) in [6, 6.07) is 17.6. The molecular formula is C27H24N2O4. The lowest BCUT2D eigenvalue weighted by atomic mass is 9.81. The highest BCUT2D eigenvalue weighted by molar-refractivity contribution is 6.09. The molecule has 2 aromatic carbocycles. The van der Waals surface area contributed by atoms with Gasteiger partial charge in [0.05, 0.1) is 11.8 Å². The number of fused-ring (bicyclic) bond motifs is 6. The minimum atomic E-state index is -1.00. The Morgan fingerprint density at radius 3 is 2.36 bits per heavy atom. The predicted octanol–water partition coefficient (Wildman–Crippen LogP) is 3.78. The van der Waals surface area contributed by atoms with Gasteiger partial charge in [-0.2, -0.15) is 0 Å². The maximum atomic E-state index is 13.5. The minimum Gasteiger partial charge on any atom is -0.423 e. The van der Waals surface area contributed by atoms with Gasteiger partial charge in [0.1, 0.15) is 11.6 Å². The largest absolute Gasteiger partial charge is 0.423 e. The van der Waals surface area contributed by atoms with Crippen LogP contribution >= 0.6 is 0 Å². The third-order valence-electron chi connectivity index (χ3n) is 7.62. The maximum absolute atomic E-state index is 13.5. The number of aromatic nitrogens is 1. The molecule has 1 aromatic heterocycles. The Hall–Kier alpha value is -3.54. The van der Waals surface area contributed by atoms with E-state index in [0.717, 1.165) is 30.2 Å². The summed E-state index contributed by atoms with van der Waals surface area (Å²) in [5.41, 5.74) is 1.44. The molecule has 3 aromatic rings. The smallest absolute Gasteiger partial charge is 0.335 e. The number of rotatable bonds is 5. The Kier molecular flexibility index (Phi) is 4.75. The van der Waals surface area contributed by atoms with E-state index in [1.807, 2.05) is 48.5 Å². The number of esters is 1. The summed E-state index contributed by atoms with van der Waals surface area (Å²) in [5.74, 6) is -0.712. The second kappa shape index (κ2) is 7.80. The number of benzene rings is 2. The fourth-order valence-corrected chi connectivity index (χ4v) is 6.19. The van der Waals surface area contributed by atoms with Crippen LogP contribution in [0.25, 0.3) is 10.9 Å². The number of hydrogen-bond acceptors (Lipinski definition) is 5. The Morgan fingerprint density at radius 1 is 0.939 bits per heavy atom. The van der Waals surface area contributed by atoms with Crippen molar-refractivity contribution in [1.29, 1.82) is 0 Å². The van der Waals surface area contributed by atoms with E-state index in [1.54, 1.807) is 18.3 Å². The molecule has 2 aliphatic carbocycles. The van der Waals surface area contributed by atoms with Gasteiger partial charge in [-0.25, -0.2) is 4.79 Å². The average Bonchev–Trinajstić information content (AvgIpc) is 3.52. The van der Waals surface area contributed by atoms with Crippen molar-refractivity contribution in [3.63, 3.8) is 0 Å². The number of imide groups is 1. The van der Waals surface area contributed by atoms with E-state index in [4.69, 9.17) is 4.74 Å². The lowest BCUT2D eigenvalue weighted by Crippen LogP contribution is -2.49. The van der Waals surface area contributed by atoms with Crippen LogP contribution in [0.5, 0.6) is 5.75 Å². The van der Waals surface area contributed by atoms with Crippen molar-refractivity contribution >= 4 is 28.7 Å². The molecule has 2 saturated carbocycles. The second-order valence-electron chi connectivity index (χ2n) is 9.39. The Morgan fingerprint density at radius 2 is 1.64 bits per heavy atom. The highest BCUT2D eigenvalue weighted by atomic mass is 16.5. The molecule has 166 valence electrons. The first-order chi connectivity index (χ1) is 16.1. The van der Waals surface area contributed by atoms with E-state index >= 15 is 0 Å². The molecule has 2 heterocycles. The molecule has 1 saturated heterocycles. The molecular weight excluding hydrogens is 416 g/mol. The van der Waals surface area contributed by atoms with Crippen molar-refractivity contribution < 1.29 is 19.1 Å². The summed E-state index contributed by atoms with van der Waals surface area (Å²) in [7, 11) is 0. The average molecular weight is 440 g/mol. The molecule has 33 heavy (non-hydrogen) atoms. The van der Waals surface area contributed by atoms with Crippen LogP contribution in [0.1, 0.15) is 24.8 Å². The quantitative estimate of drug-likeness (QED) is 0.343. The third-order valence-corrected chi connectivity index (χ3v) is 7.62. The lowest BCUT2D eigenvalue weighted by Gasteiger charge is -2.26. The van der Waals surface area contributed by atoms with Gasteiger partial charge in [0.15, 0.2) is 5.75 Å². The molecule has 2 bridgehead atoms. The van der Waals surface area contributed by atoms with E-state index in [1.165, 1.54) is 4.90 Å². The van der Waals surface area contributed by atoms with Gasteiger partial charge >= 0.3 is 5.97 Å². The zero-order chi connectivity index (χ0) is 22.5. The van der Waals surface area contributed by atoms with Crippen molar-refractivity contribution in [2.24, 2.45) is 23.7 Å². The van der Waals surface area contributed by atoms with Gasteiger partial charge < -0.3 is 4.74 Å². The maximum Gasteiger partial charge on any atom is 0.335 e. The summed E-state index contributed by atoms with van der Waals surface area (Å²) < 4.78 is 5.81. The predicted molar refractivity (Wildman–Crippen MR) is 121 cm³/mol. The first kappa shape index (κ1) is 20.1. The Bertz CT molecular complexity index is 1220. The normalized spacial score (nSPS) is 26.6. The second-order valence-corrected chi connectivity index (χ2v) is 9.39. The standard InChI is InChI=1S/C27H24N2O4/c30-25-22-18-11-12-19(15-18)23(22)26(31)29(25)20(14-16-6-2-1-3-7-16)27(32)33-21-10-4-8-17-9-5-13-28-24(17)21/h1-10,13,18-20,22-23H,11-12,14-15H2/t18-,19-,20-,22+,23+/m0/s1.